The van der Waals surface area contributed by atoms with Crippen LogP contribution in [0, 0.1) is 0 Å². The summed E-state index contributed by atoms with van der Waals surface area (Å²) in [6.07, 6.45) is 5.87. The number of nitrogens with one attached hydrogen (secondary N) is 2. The molecule has 2 bridgehead atoms. The first-order valence-electron chi connectivity index (χ1n) is 6.32. The molecule has 0 spiro atoms. The highest BCUT2D eigenvalue weighted by Gasteiger charge is 2.31. The highest BCUT2D eigenvalue weighted by molar-refractivity contribution is 5.92. The van der Waals surface area contributed by atoms with E-state index in [-0.39, 0.29) is 11.5 Å². The summed E-state index contributed by atoms with van der Waals surface area (Å²) in [6.45, 7) is 1.49. The van der Waals surface area contributed by atoms with Gasteiger partial charge in [-0.15, -0.1) is 0 Å². The minimum Gasteiger partial charge on any atom is -0.336 e. The first-order valence-corrected chi connectivity index (χ1v) is 6.32. The van der Waals surface area contributed by atoms with Crippen LogP contribution in [0.5, 0.6) is 0 Å². The number of hydrogen-bond donors (Lipinski definition) is 2. The van der Waals surface area contributed by atoms with Crippen molar-refractivity contribution in [3.63, 3.8) is 0 Å². The van der Waals surface area contributed by atoms with Crippen LogP contribution in [-0.4, -0.2) is 45.9 Å². The van der Waals surface area contributed by atoms with E-state index < -0.39 is 0 Å². The summed E-state index contributed by atoms with van der Waals surface area (Å²) in [5, 5.41) is 3.53. The van der Waals surface area contributed by atoms with E-state index >= 15 is 0 Å². The van der Waals surface area contributed by atoms with Gasteiger partial charge in [-0.3, -0.25) is 9.59 Å². The molecule has 96 valence electrons. The Morgan fingerprint density at radius 1 is 1.33 bits per heavy atom. The lowest BCUT2D eigenvalue weighted by molar-refractivity contribution is 0.0741. The van der Waals surface area contributed by atoms with Gasteiger partial charge in [0.25, 0.3) is 11.5 Å². The Morgan fingerprint density at radius 3 is 2.94 bits per heavy atom. The number of hydrogen-bond acceptors (Lipinski definition) is 4. The van der Waals surface area contributed by atoms with Crippen LogP contribution in [0.25, 0.3) is 0 Å². The van der Waals surface area contributed by atoms with Gasteiger partial charge in [0.15, 0.2) is 0 Å². The molecule has 6 nitrogen and oxygen atoms in total. The third-order valence-electron chi connectivity index (χ3n) is 3.70. The van der Waals surface area contributed by atoms with Crippen LogP contribution in [0.4, 0.5) is 0 Å². The van der Waals surface area contributed by atoms with Crippen LogP contribution in [0.15, 0.2) is 17.2 Å². The molecule has 2 N–H and O–H groups in total. The summed E-state index contributed by atoms with van der Waals surface area (Å²) in [5.74, 6) is -0.0967. The molecule has 2 fully saturated rings. The van der Waals surface area contributed by atoms with E-state index in [0.717, 1.165) is 32.1 Å². The second-order valence-corrected chi connectivity index (χ2v) is 4.97. The first kappa shape index (κ1) is 11.4. The van der Waals surface area contributed by atoms with Crippen LogP contribution in [-0.2, 0) is 0 Å². The Balaban J connectivity index is 1.76. The van der Waals surface area contributed by atoms with Gasteiger partial charge in [-0.05, 0) is 19.3 Å². The molecular weight excluding hydrogens is 232 g/mol. The van der Waals surface area contributed by atoms with Gasteiger partial charge in [-0.2, -0.15) is 0 Å². The second kappa shape index (κ2) is 4.53. The average molecular weight is 248 g/mol. The largest absolute Gasteiger partial charge is 0.336 e. The standard InChI is InChI=1S/C12H16N4O2/c17-11-6-13-10(5-14-11)12(18)16-4-3-8-1-2-9(7-16)15-8/h5-6,8-9,15H,1-4,7H2,(H,14,17). The molecule has 1 aromatic rings. The van der Waals surface area contributed by atoms with Gasteiger partial charge in [0.1, 0.15) is 5.69 Å². The SMILES string of the molecule is O=C(c1c[nH]c(=O)cn1)N1CCC2CCC(C1)N2. The zero-order chi connectivity index (χ0) is 12.5. The van der Waals surface area contributed by atoms with Crippen molar-refractivity contribution in [1.82, 2.24) is 20.2 Å². The fraction of sp³-hybridized carbons (Fsp3) is 0.583. The molecule has 0 saturated carbocycles. The molecule has 1 amide bonds. The maximum absolute atomic E-state index is 12.3. The van der Waals surface area contributed by atoms with Crippen molar-refractivity contribution in [1.29, 1.82) is 0 Å². The Labute approximate surface area is 104 Å². The maximum Gasteiger partial charge on any atom is 0.274 e. The lowest BCUT2D eigenvalue weighted by Crippen LogP contribution is -2.39. The predicted octanol–water partition coefficient (Wildman–Crippen LogP) is -0.264. The topological polar surface area (TPSA) is 78.1 Å². The highest BCUT2D eigenvalue weighted by Crippen LogP contribution is 2.21. The third-order valence-corrected chi connectivity index (χ3v) is 3.70. The Hall–Kier alpha value is -1.69. The quantitative estimate of drug-likeness (QED) is 0.717. The highest BCUT2D eigenvalue weighted by atomic mass is 16.2. The number of nitrogens with zero attached hydrogens (tertiary/aromatic N) is 2. The number of fused-ring (bicyclic) bond motifs is 2. The van der Waals surface area contributed by atoms with Crippen molar-refractivity contribution in [3.8, 4) is 0 Å². The van der Waals surface area contributed by atoms with E-state index in [1.165, 1.54) is 12.6 Å². The van der Waals surface area contributed by atoms with Crippen molar-refractivity contribution in [2.75, 3.05) is 13.1 Å². The van der Waals surface area contributed by atoms with Crippen LogP contribution < -0.4 is 10.9 Å². The average Bonchev–Trinajstić information content (AvgIpc) is 2.69. The molecule has 0 radical (unpaired) electrons. The van der Waals surface area contributed by atoms with E-state index in [4.69, 9.17) is 0 Å². The number of aromatic amines is 1. The monoisotopic (exact) mass is 248 g/mol. The second-order valence-electron chi connectivity index (χ2n) is 4.97. The number of carbonyl (C=O) groups is 1. The zero-order valence-corrected chi connectivity index (χ0v) is 10.1. The molecule has 0 aromatic carbocycles. The van der Waals surface area contributed by atoms with Crippen molar-refractivity contribution in [3.05, 3.63) is 28.4 Å². The predicted molar refractivity (Wildman–Crippen MR) is 65.3 cm³/mol. The number of likely N-dealkylation sites (tertiary alicyclic amines) is 1. The van der Waals surface area contributed by atoms with Crippen LogP contribution in [0.1, 0.15) is 29.8 Å². The zero-order valence-electron chi connectivity index (χ0n) is 10.1. The maximum atomic E-state index is 12.3. The first-order chi connectivity index (χ1) is 8.72. The summed E-state index contributed by atoms with van der Waals surface area (Å²) in [7, 11) is 0. The molecule has 2 aliphatic rings. The van der Waals surface area contributed by atoms with Crippen molar-refractivity contribution in [2.24, 2.45) is 0 Å². The van der Waals surface area contributed by atoms with Crippen LogP contribution in [0.3, 0.4) is 0 Å². The summed E-state index contributed by atoms with van der Waals surface area (Å²) in [5.41, 5.74) is 0.0236. The van der Waals surface area contributed by atoms with Gasteiger partial charge in [0.05, 0.1) is 6.20 Å². The summed E-state index contributed by atoms with van der Waals surface area (Å²) >= 11 is 0. The Bertz CT molecular complexity index is 493. The van der Waals surface area contributed by atoms with Crippen molar-refractivity contribution >= 4 is 5.91 Å². The number of amides is 1. The van der Waals surface area contributed by atoms with E-state index in [1.807, 2.05) is 4.90 Å². The molecule has 2 unspecified atom stereocenters. The summed E-state index contributed by atoms with van der Waals surface area (Å²) < 4.78 is 0. The fourth-order valence-electron chi connectivity index (χ4n) is 2.75. The van der Waals surface area contributed by atoms with E-state index in [9.17, 15) is 9.59 Å². The molecule has 2 saturated heterocycles. The molecular formula is C12H16N4O2. The summed E-state index contributed by atoms with van der Waals surface area (Å²) in [4.78, 5) is 31.4. The van der Waals surface area contributed by atoms with Crippen LogP contribution in [0.2, 0.25) is 0 Å². The number of rotatable bonds is 1. The number of carbonyl (C=O) groups excluding carboxylic acids is 1. The van der Waals surface area contributed by atoms with E-state index in [1.54, 1.807) is 0 Å². The molecule has 2 atom stereocenters. The smallest absolute Gasteiger partial charge is 0.274 e. The minimum atomic E-state index is -0.289. The van der Waals surface area contributed by atoms with Gasteiger partial charge < -0.3 is 15.2 Å². The minimum absolute atomic E-state index is 0.0967. The molecule has 3 rings (SSSR count). The lowest BCUT2D eigenvalue weighted by Gasteiger charge is -2.23. The van der Waals surface area contributed by atoms with Crippen molar-refractivity contribution < 1.29 is 4.79 Å². The Kier molecular flexibility index (Phi) is 2.87. The normalized spacial score (nSPS) is 27.0. The molecule has 6 heteroatoms. The van der Waals surface area contributed by atoms with Gasteiger partial charge >= 0.3 is 0 Å². The lowest BCUT2D eigenvalue weighted by atomic mass is 10.1. The van der Waals surface area contributed by atoms with E-state index in [2.05, 4.69) is 15.3 Å². The van der Waals surface area contributed by atoms with Gasteiger partial charge in [0.2, 0.25) is 0 Å². The van der Waals surface area contributed by atoms with Gasteiger partial charge in [-0.1, -0.05) is 0 Å². The number of H-pyrrole nitrogens is 1. The van der Waals surface area contributed by atoms with Gasteiger partial charge in [-0.25, -0.2) is 4.98 Å². The van der Waals surface area contributed by atoms with Gasteiger partial charge in [0, 0.05) is 31.4 Å². The van der Waals surface area contributed by atoms with Crippen LogP contribution >= 0.6 is 0 Å². The Morgan fingerprint density at radius 2 is 2.17 bits per heavy atom. The molecule has 18 heavy (non-hydrogen) atoms. The summed E-state index contributed by atoms with van der Waals surface area (Å²) in [6, 6.07) is 0.959. The number of aromatic nitrogens is 2. The van der Waals surface area contributed by atoms with E-state index in [0.29, 0.717) is 17.8 Å². The molecule has 2 aliphatic heterocycles. The molecule has 1 aromatic heterocycles. The molecule has 0 aliphatic carbocycles. The third kappa shape index (κ3) is 2.15. The molecule has 3 heterocycles. The van der Waals surface area contributed by atoms with Crippen molar-refractivity contribution in [2.45, 2.75) is 31.3 Å². The fourth-order valence-corrected chi connectivity index (χ4v) is 2.75.